The molecule has 1 aromatic carbocycles. The Kier molecular flexibility index (Phi) is 2.30. The molecule has 1 unspecified atom stereocenters. The van der Waals surface area contributed by atoms with E-state index in [0.717, 1.165) is 18.9 Å². The van der Waals surface area contributed by atoms with Crippen molar-refractivity contribution >= 4 is 0 Å². The van der Waals surface area contributed by atoms with Gasteiger partial charge in [-0.15, -0.1) is 10.2 Å². The smallest absolute Gasteiger partial charge is 0.149 e. The van der Waals surface area contributed by atoms with Crippen LogP contribution >= 0.6 is 0 Å². The molecule has 4 heteroatoms. The van der Waals surface area contributed by atoms with Crippen LogP contribution in [0.5, 0.6) is 0 Å². The first-order valence-corrected chi connectivity index (χ1v) is 7.04. The standard InChI is InChI=1S/C15H18N4/c1-11-13-17-18-14(19(13)10-9-16-11)15(7-8-15)12-5-3-2-4-6-12/h2-6,11,16H,7-10H2,1H3. The fraction of sp³-hybridized carbons (Fsp3) is 0.467. The predicted octanol–water partition coefficient (Wildman–Crippen LogP) is 2.02. The lowest BCUT2D eigenvalue weighted by Gasteiger charge is -2.24. The lowest BCUT2D eigenvalue weighted by atomic mass is 9.95. The predicted molar refractivity (Wildman–Crippen MR) is 72.9 cm³/mol. The van der Waals surface area contributed by atoms with Crippen molar-refractivity contribution < 1.29 is 0 Å². The van der Waals surface area contributed by atoms with Crippen molar-refractivity contribution in [3.8, 4) is 0 Å². The van der Waals surface area contributed by atoms with Gasteiger partial charge in [0, 0.05) is 13.1 Å². The van der Waals surface area contributed by atoms with Gasteiger partial charge >= 0.3 is 0 Å². The van der Waals surface area contributed by atoms with Crippen LogP contribution in [0, 0.1) is 0 Å². The zero-order chi connectivity index (χ0) is 12.9. The highest BCUT2D eigenvalue weighted by atomic mass is 15.3. The van der Waals surface area contributed by atoms with Gasteiger partial charge in [0.1, 0.15) is 11.6 Å². The molecule has 2 aromatic rings. The molecule has 98 valence electrons. The topological polar surface area (TPSA) is 42.7 Å². The minimum Gasteiger partial charge on any atom is -0.312 e. The molecule has 2 heterocycles. The van der Waals surface area contributed by atoms with E-state index in [9.17, 15) is 0 Å². The third-order valence-corrected chi connectivity index (χ3v) is 4.46. The second-order valence-corrected chi connectivity index (χ2v) is 5.66. The second-order valence-electron chi connectivity index (χ2n) is 5.66. The van der Waals surface area contributed by atoms with Crippen molar-refractivity contribution in [2.24, 2.45) is 0 Å². The summed E-state index contributed by atoms with van der Waals surface area (Å²) in [5.41, 5.74) is 1.51. The van der Waals surface area contributed by atoms with Crippen molar-refractivity contribution in [3.05, 3.63) is 47.5 Å². The summed E-state index contributed by atoms with van der Waals surface area (Å²) in [5.74, 6) is 2.26. The lowest BCUT2D eigenvalue weighted by molar-refractivity contribution is 0.424. The van der Waals surface area contributed by atoms with Gasteiger partial charge in [-0.25, -0.2) is 0 Å². The molecule has 4 rings (SSSR count). The zero-order valence-corrected chi connectivity index (χ0v) is 11.1. The first kappa shape index (κ1) is 11.2. The number of hydrogen-bond acceptors (Lipinski definition) is 3. The van der Waals surface area contributed by atoms with Crippen LogP contribution < -0.4 is 5.32 Å². The van der Waals surface area contributed by atoms with Crippen LogP contribution in [0.2, 0.25) is 0 Å². The third kappa shape index (κ3) is 1.56. The summed E-state index contributed by atoms with van der Waals surface area (Å²) >= 11 is 0. The van der Waals surface area contributed by atoms with Gasteiger partial charge in [-0.2, -0.15) is 0 Å². The molecule has 0 radical (unpaired) electrons. The van der Waals surface area contributed by atoms with Gasteiger partial charge in [0.05, 0.1) is 11.5 Å². The summed E-state index contributed by atoms with van der Waals surface area (Å²) in [7, 11) is 0. The summed E-state index contributed by atoms with van der Waals surface area (Å²) in [6.45, 7) is 4.15. The Bertz CT molecular complexity index is 598. The van der Waals surface area contributed by atoms with Crippen LogP contribution in [0.25, 0.3) is 0 Å². The molecular weight excluding hydrogens is 236 g/mol. The van der Waals surface area contributed by atoms with E-state index in [-0.39, 0.29) is 5.41 Å². The highest BCUT2D eigenvalue weighted by Gasteiger charge is 2.50. The van der Waals surface area contributed by atoms with Crippen LogP contribution in [0.1, 0.15) is 43.0 Å². The summed E-state index contributed by atoms with van der Waals surface area (Å²) in [6, 6.07) is 11.1. The Balaban J connectivity index is 1.82. The number of fused-ring (bicyclic) bond motifs is 1. The van der Waals surface area contributed by atoms with E-state index in [1.165, 1.54) is 24.2 Å². The van der Waals surface area contributed by atoms with Crippen molar-refractivity contribution in [2.45, 2.75) is 37.8 Å². The van der Waals surface area contributed by atoms with Gasteiger partial charge < -0.3 is 9.88 Å². The number of benzene rings is 1. The number of hydrogen-bond donors (Lipinski definition) is 1. The molecule has 1 aliphatic heterocycles. The summed E-state index contributed by atoms with van der Waals surface area (Å²) in [5, 5.41) is 12.4. The highest BCUT2D eigenvalue weighted by molar-refractivity contribution is 5.39. The maximum atomic E-state index is 4.53. The third-order valence-electron chi connectivity index (χ3n) is 4.46. The molecule has 0 bridgehead atoms. The van der Waals surface area contributed by atoms with Gasteiger partial charge in [-0.3, -0.25) is 0 Å². The largest absolute Gasteiger partial charge is 0.312 e. The van der Waals surface area contributed by atoms with Crippen molar-refractivity contribution in [1.29, 1.82) is 0 Å². The van der Waals surface area contributed by atoms with E-state index in [1.807, 2.05) is 0 Å². The van der Waals surface area contributed by atoms with Gasteiger partial charge in [-0.1, -0.05) is 30.3 Å². The molecule has 19 heavy (non-hydrogen) atoms. The SMILES string of the molecule is CC1NCCn2c1nnc2C1(c2ccccc2)CC1. The summed E-state index contributed by atoms with van der Waals surface area (Å²) < 4.78 is 2.33. The lowest BCUT2D eigenvalue weighted by Crippen LogP contribution is -2.33. The molecule has 1 fully saturated rings. The van der Waals surface area contributed by atoms with Gasteiger partial charge in [-0.05, 0) is 25.3 Å². The van der Waals surface area contributed by atoms with Crippen LogP contribution in [0.3, 0.4) is 0 Å². The fourth-order valence-electron chi connectivity index (χ4n) is 3.22. The minimum absolute atomic E-state index is 0.129. The molecule has 1 aromatic heterocycles. The molecule has 4 nitrogen and oxygen atoms in total. The van der Waals surface area contributed by atoms with E-state index >= 15 is 0 Å². The van der Waals surface area contributed by atoms with Crippen LogP contribution in [0.15, 0.2) is 30.3 Å². The van der Waals surface area contributed by atoms with Crippen molar-refractivity contribution in [3.63, 3.8) is 0 Å². The average Bonchev–Trinajstić information content (AvgIpc) is 3.14. The van der Waals surface area contributed by atoms with Gasteiger partial charge in [0.15, 0.2) is 0 Å². The Labute approximate surface area is 112 Å². The Hall–Kier alpha value is -1.68. The maximum Gasteiger partial charge on any atom is 0.149 e. The average molecular weight is 254 g/mol. The number of aromatic nitrogens is 3. The number of rotatable bonds is 2. The quantitative estimate of drug-likeness (QED) is 0.891. The van der Waals surface area contributed by atoms with E-state index in [0.29, 0.717) is 6.04 Å². The monoisotopic (exact) mass is 254 g/mol. The molecular formula is C15H18N4. The second kappa shape index (κ2) is 3.90. The van der Waals surface area contributed by atoms with E-state index in [1.54, 1.807) is 0 Å². The number of nitrogens with one attached hydrogen (secondary N) is 1. The molecule has 1 saturated carbocycles. The van der Waals surface area contributed by atoms with E-state index in [4.69, 9.17) is 0 Å². The van der Waals surface area contributed by atoms with Crippen LogP contribution in [-0.2, 0) is 12.0 Å². The fourth-order valence-corrected chi connectivity index (χ4v) is 3.22. The molecule has 0 saturated heterocycles. The molecule has 2 aliphatic rings. The Morgan fingerprint density at radius 1 is 1.21 bits per heavy atom. The zero-order valence-electron chi connectivity index (χ0n) is 11.1. The van der Waals surface area contributed by atoms with Crippen LogP contribution in [-0.4, -0.2) is 21.3 Å². The van der Waals surface area contributed by atoms with Crippen molar-refractivity contribution in [1.82, 2.24) is 20.1 Å². The summed E-state index contributed by atoms with van der Waals surface area (Å²) in [6.07, 6.45) is 2.38. The molecule has 1 N–H and O–H groups in total. The van der Waals surface area contributed by atoms with Gasteiger partial charge in [0.25, 0.3) is 0 Å². The van der Waals surface area contributed by atoms with Gasteiger partial charge in [0.2, 0.25) is 0 Å². The molecule has 0 spiro atoms. The van der Waals surface area contributed by atoms with Crippen LogP contribution in [0.4, 0.5) is 0 Å². The molecule has 1 atom stereocenters. The normalized spacial score (nSPS) is 23.9. The number of nitrogens with zero attached hydrogens (tertiary/aromatic N) is 3. The minimum atomic E-state index is 0.129. The molecule has 0 amide bonds. The summed E-state index contributed by atoms with van der Waals surface area (Å²) in [4.78, 5) is 0. The molecule has 1 aliphatic carbocycles. The Morgan fingerprint density at radius 3 is 2.74 bits per heavy atom. The highest BCUT2D eigenvalue weighted by Crippen LogP contribution is 2.53. The Morgan fingerprint density at radius 2 is 2.00 bits per heavy atom. The first-order valence-electron chi connectivity index (χ1n) is 7.04. The maximum absolute atomic E-state index is 4.53. The van der Waals surface area contributed by atoms with Crippen molar-refractivity contribution in [2.75, 3.05) is 6.54 Å². The van der Waals surface area contributed by atoms with E-state index < -0.39 is 0 Å². The van der Waals surface area contributed by atoms with E-state index in [2.05, 4.69) is 57.3 Å². The first-order chi connectivity index (χ1) is 9.31.